The van der Waals surface area contributed by atoms with Gasteiger partial charge in [0.2, 0.25) is 17.6 Å². The summed E-state index contributed by atoms with van der Waals surface area (Å²) < 4.78 is 5.76. The highest BCUT2D eigenvalue weighted by Gasteiger charge is 2.69. The molecule has 1 heterocycles. The van der Waals surface area contributed by atoms with Crippen molar-refractivity contribution in [2.45, 2.75) is 116 Å². The maximum atomic E-state index is 14.2. The van der Waals surface area contributed by atoms with E-state index in [4.69, 9.17) is 10.5 Å². The molecular formula is C30H46N4O6. The lowest BCUT2D eigenvalue weighted by Gasteiger charge is -2.37. The van der Waals surface area contributed by atoms with Gasteiger partial charge < -0.3 is 26.0 Å². The number of amides is 4. The lowest BCUT2D eigenvalue weighted by Crippen LogP contribution is -2.59. The summed E-state index contributed by atoms with van der Waals surface area (Å²) in [4.78, 5) is 66.9. The van der Waals surface area contributed by atoms with E-state index in [2.05, 4.69) is 31.4 Å². The molecule has 5 rings (SSSR count). The van der Waals surface area contributed by atoms with E-state index in [-0.39, 0.29) is 41.1 Å². The molecule has 7 atom stereocenters. The van der Waals surface area contributed by atoms with Gasteiger partial charge in [0.15, 0.2) is 0 Å². The Balaban J connectivity index is 1.34. The minimum Gasteiger partial charge on any atom is -0.446 e. The van der Waals surface area contributed by atoms with Gasteiger partial charge in [-0.25, -0.2) is 4.79 Å². The van der Waals surface area contributed by atoms with Crippen LogP contribution in [-0.4, -0.2) is 65.3 Å². The molecule has 10 heteroatoms. The van der Waals surface area contributed by atoms with Crippen molar-refractivity contribution in [2.24, 2.45) is 40.7 Å². The Morgan fingerprint density at radius 2 is 1.65 bits per heavy atom. The Hall–Kier alpha value is -2.65. The zero-order valence-electron chi connectivity index (χ0n) is 24.2. The van der Waals surface area contributed by atoms with E-state index in [0.29, 0.717) is 18.9 Å². The van der Waals surface area contributed by atoms with Crippen LogP contribution in [0.5, 0.6) is 0 Å². The number of fused-ring (bicyclic) bond motifs is 1. The molecule has 4 N–H and O–H groups in total. The molecule has 0 aromatic carbocycles. The van der Waals surface area contributed by atoms with Crippen LogP contribution in [0.15, 0.2) is 0 Å². The first-order valence-electron chi connectivity index (χ1n) is 15.4. The molecular weight excluding hydrogens is 512 g/mol. The van der Waals surface area contributed by atoms with E-state index >= 15 is 0 Å². The molecule has 0 aromatic heterocycles. The molecule has 1 saturated heterocycles. The second-order valence-corrected chi connectivity index (χ2v) is 13.7. The number of rotatable bonds is 10. The summed E-state index contributed by atoms with van der Waals surface area (Å²) in [6, 6.07) is -2.52. The summed E-state index contributed by atoms with van der Waals surface area (Å²) in [5.74, 6) is -1.89. The first kappa shape index (κ1) is 28.9. The summed E-state index contributed by atoms with van der Waals surface area (Å²) in [7, 11) is 0. The smallest absolute Gasteiger partial charge is 0.408 e. The third-order valence-electron chi connectivity index (χ3n) is 10.6. The number of carbonyl (C=O) groups is 5. The van der Waals surface area contributed by atoms with Crippen LogP contribution in [0.3, 0.4) is 0 Å². The molecule has 222 valence electrons. The lowest BCUT2D eigenvalue weighted by molar-refractivity contribution is -0.144. The molecule has 10 nitrogen and oxygen atoms in total. The van der Waals surface area contributed by atoms with E-state index in [0.717, 1.165) is 64.2 Å². The van der Waals surface area contributed by atoms with Gasteiger partial charge in [0.25, 0.3) is 5.91 Å². The molecule has 0 spiro atoms. The SMILES string of the molecule is C[C@H]1CCC[C@@H]1OC(=O)N[C@H](C(=O)N1C[C@H]2[C@@H]([C@H]1C(=O)N[C@@H](CC1CC1)C(=O)C(N)=O)C2(C)C)C1CCCCC1. The number of nitrogens with one attached hydrogen (secondary N) is 2. The van der Waals surface area contributed by atoms with Crippen molar-refractivity contribution < 1.29 is 28.7 Å². The number of piperidine rings is 1. The predicted molar refractivity (Wildman–Crippen MR) is 147 cm³/mol. The second-order valence-electron chi connectivity index (χ2n) is 13.7. The van der Waals surface area contributed by atoms with Crippen molar-refractivity contribution in [1.29, 1.82) is 0 Å². The summed E-state index contributed by atoms with van der Waals surface area (Å²) in [6.45, 7) is 6.69. The molecule has 0 aromatic rings. The van der Waals surface area contributed by atoms with Gasteiger partial charge in [0.05, 0.1) is 6.04 Å². The molecule has 40 heavy (non-hydrogen) atoms. The molecule has 5 aliphatic rings. The van der Waals surface area contributed by atoms with Gasteiger partial charge in [0, 0.05) is 6.54 Å². The van der Waals surface area contributed by atoms with Crippen molar-refractivity contribution in [3.8, 4) is 0 Å². The quantitative estimate of drug-likeness (QED) is 0.351. The van der Waals surface area contributed by atoms with Crippen molar-refractivity contribution in [3.05, 3.63) is 0 Å². The average Bonchev–Trinajstić information content (AvgIpc) is 3.69. The fraction of sp³-hybridized carbons (Fsp3) is 0.833. The third kappa shape index (κ3) is 5.86. The Kier molecular flexibility index (Phi) is 8.17. The number of carbonyl (C=O) groups excluding carboxylic acids is 5. The van der Waals surface area contributed by atoms with Gasteiger partial charge in [-0.15, -0.1) is 0 Å². The van der Waals surface area contributed by atoms with Gasteiger partial charge in [-0.1, -0.05) is 52.9 Å². The zero-order valence-corrected chi connectivity index (χ0v) is 24.2. The first-order valence-corrected chi connectivity index (χ1v) is 15.4. The summed E-state index contributed by atoms with van der Waals surface area (Å²) in [5.41, 5.74) is 5.17. The van der Waals surface area contributed by atoms with Crippen molar-refractivity contribution in [1.82, 2.24) is 15.5 Å². The van der Waals surface area contributed by atoms with E-state index in [1.807, 2.05) is 0 Å². The molecule has 0 radical (unpaired) electrons. The standard InChI is InChI=1S/C30H46N4O6/c1-16-8-7-11-21(16)40-29(39)33-23(18-9-5-4-6-10-18)28(38)34-15-19-22(30(19,2)3)24(34)27(37)32-20(14-17-12-13-17)25(35)26(31)36/h16-24H,4-15H2,1-3H3,(H2,31,36)(H,32,37)(H,33,39)/t16-,19-,20-,21-,22-,23-,24-/m0/s1. The van der Waals surface area contributed by atoms with Crippen LogP contribution in [0.4, 0.5) is 4.79 Å². The molecule has 4 amide bonds. The third-order valence-corrected chi connectivity index (χ3v) is 10.6. The summed E-state index contributed by atoms with van der Waals surface area (Å²) >= 11 is 0. The number of hydrogen-bond donors (Lipinski definition) is 3. The van der Waals surface area contributed by atoms with Crippen molar-refractivity contribution in [3.63, 3.8) is 0 Å². The number of nitrogens with two attached hydrogens (primary N) is 1. The van der Waals surface area contributed by atoms with Crippen LogP contribution in [0, 0.1) is 35.0 Å². The number of hydrogen-bond acceptors (Lipinski definition) is 6. The normalized spacial score (nSPS) is 32.5. The highest BCUT2D eigenvalue weighted by atomic mass is 16.6. The number of alkyl carbamates (subject to hydrolysis) is 1. The summed E-state index contributed by atoms with van der Waals surface area (Å²) in [6.07, 6.45) is 9.19. The predicted octanol–water partition coefficient (Wildman–Crippen LogP) is 2.67. The van der Waals surface area contributed by atoms with Crippen LogP contribution < -0.4 is 16.4 Å². The minimum absolute atomic E-state index is 0.0255. The number of ketones is 1. The van der Waals surface area contributed by atoms with E-state index in [9.17, 15) is 24.0 Å². The topological polar surface area (TPSA) is 148 Å². The van der Waals surface area contributed by atoms with E-state index in [1.165, 1.54) is 0 Å². The number of primary amides is 1. The molecule has 0 bridgehead atoms. The molecule has 5 fully saturated rings. The molecule has 4 saturated carbocycles. The largest absolute Gasteiger partial charge is 0.446 e. The number of ether oxygens (including phenoxy) is 1. The molecule has 1 aliphatic heterocycles. The van der Waals surface area contributed by atoms with Crippen LogP contribution in [-0.2, 0) is 23.9 Å². The van der Waals surface area contributed by atoms with Gasteiger partial charge in [-0.3, -0.25) is 19.2 Å². The number of nitrogens with zero attached hydrogens (tertiary/aromatic N) is 1. The first-order chi connectivity index (χ1) is 19.0. The van der Waals surface area contributed by atoms with Gasteiger partial charge in [0.1, 0.15) is 18.2 Å². The Morgan fingerprint density at radius 3 is 2.25 bits per heavy atom. The lowest BCUT2D eigenvalue weighted by atomic mass is 9.83. The monoisotopic (exact) mass is 558 g/mol. The average molecular weight is 559 g/mol. The van der Waals surface area contributed by atoms with Crippen LogP contribution in [0.2, 0.25) is 0 Å². The van der Waals surface area contributed by atoms with Gasteiger partial charge >= 0.3 is 6.09 Å². The Morgan fingerprint density at radius 1 is 0.950 bits per heavy atom. The van der Waals surface area contributed by atoms with Crippen LogP contribution in [0.1, 0.15) is 91.4 Å². The highest BCUT2D eigenvalue weighted by Crippen LogP contribution is 2.65. The van der Waals surface area contributed by atoms with Gasteiger partial charge in [-0.2, -0.15) is 0 Å². The summed E-state index contributed by atoms with van der Waals surface area (Å²) in [5, 5.41) is 5.74. The van der Waals surface area contributed by atoms with E-state index in [1.54, 1.807) is 4.90 Å². The van der Waals surface area contributed by atoms with E-state index < -0.39 is 41.8 Å². The zero-order chi connectivity index (χ0) is 28.8. The minimum atomic E-state index is -1.06. The highest BCUT2D eigenvalue weighted by molar-refractivity contribution is 6.37. The maximum Gasteiger partial charge on any atom is 0.408 e. The number of Topliss-reactive ketones (excluding diaryl/α,β-unsaturated/α-hetero) is 1. The van der Waals surface area contributed by atoms with Gasteiger partial charge in [-0.05, 0) is 73.5 Å². The fourth-order valence-corrected chi connectivity index (χ4v) is 7.77. The molecule has 4 aliphatic carbocycles. The van der Waals surface area contributed by atoms with Crippen molar-refractivity contribution >= 4 is 29.6 Å². The van der Waals surface area contributed by atoms with Crippen molar-refractivity contribution in [2.75, 3.05) is 6.54 Å². The maximum absolute atomic E-state index is 14.2. The number of likely N-dealkylation sites (tertiary alicyclic amines) is 1. The Bertz CT molecular complexity index is 1040. The fourth-order valence-electron chi connectivity index (χ4n) is 7.77. The van der Waals surface area contributed by atoms with Crippen LogP contribution in [0.25, 0.3) is 0 Å². The second kappa shape index (κ2) is 11.3. The molecule has 0 unspecified atom stereocenters. The Labute approximate surface area is 236 Å². The van der Waals surface area contributed by atoms with Crippen LogP contribution >= 0.6 is 0 Å².